The number of hydrogen-bond acceptors (Lipinski definition) is 5. The standard InChI is InChI=1S/C24H19ClN4O2/c1-31-20-7-2-4-16(12-20)8-11-23(30)28-19-9-10-22-21(14-19)24(27-15-26-22)29-18-6-3-5-17(25)13-18/h2-15H,1H3,(H,28,30)(H,26,27,29)/b11-8+. The molecule has 1 aromatic heterocycles. The third-order valence-electron chi connectivity index (χ3n) is 4.51. The van der Waals surface area contributed by atoms with Crippen LogP contribution in [0, 0.1) is 0 Å². The highest BCUT2D eigenvalue weighted by atomic mass is 35.5. The van der Waals surface area contributed by atoms with Gasteiger partial charge in [-0.3, -0.25) is 4.79 Å². The number of hydrogen-bond donors (Lipinski definition) is 2. The summed E-state index contributed by atoms with van der Waals surface area (Å²) >= 11 is 6.07. The van der Waals surface area contributed by atoms with Gasteiger partial charge >= 0.3 is 0 Å². The second-order valence-electron chi connectivity index (χ2n) is 6.69. The van der Waals surface area contributed by atoms with Crippen LogP contribution in [0.15, 0.2) is 79.1 Å². The first kappa shape index (κ1) is 20.4. The van der Waals surface area contributed by atoms with Crippen LogP contribution in [0.3, 0.4) is 0 Å². The molecule has 0 fully saturated rings. The van der Waals surface area contributed by atoms with Crippen molar-refractivity contribution in [1.29, 1.82) is 0 Å². The maximum Gasteiger partial charge on any atom is 0.248 e. The van der Waals surface area contributed by atoms with Crippen molar-refractivity contribution >= 4 is 51.7 Å². The van der Waals surface area contributed by atoms with E-state index < -0.39 is 0 Å². The molecule has 0 atom stereocenters. The molecule has 4 rings (SSSR count). The fourth-order valence-electron chi connectivity index (χ4n) is 3.04. The van der Waals surface area contributed by atoms with Crippen LogP contribution in [-0.4, -0.2) is 23.0 Å². The topological polar surface area (TPSA) is 76.1 Å². The lowest BCUT2D eigenvalue weighted by molar-refractivity contribution is -0.111. The summed E-state index contributed by atoms with van der Waals surface area (Å²) in [6, 6.07) is 20.3. The van der Waals surface area contributed by atoms with Crippen LogP contribution in [0.25, 0.3) is 17.0 Å². The van der Waals surface area contributed by atoms with E-state index in [1.54, 1.807) is 25.3 Å². The Morgan fingerprint density at radius 2 is 1.87 bits per heavy atom. The van der Waals surface area contributed by atoms with Crippen LogP contribution in [0.4, 0.5) is 17.2 Å². The van der Waals surface area contributed by atoms with E-state index in [0.29, 0.717) is 16.5 Å². The normalized spacial score (nSPS) is 10.9. The molecule has 31 heavy (non-hydrogen) atoms. The number of ether oxygens (including phenoxy) is 1. The van der Waals surface area contributed by atoms with Crippen LogP contribution in [0.5, 0.6) is 5.75 Å². The van der Waals surface area contributed by atoms with Crippen molar-refractivity contribution in [2.45, 2.75) is 0 Å². The molecule has 0 aliphatic rings. The summed E-state index contributed by atoms with van der Waals surface area (Å²) in [6.45, 7) is 0. The molecular formula is C24H19ClN4O2. The van der Waals surface area contributed by atoms with Crippen LogP contribution in [0.2, 0.25) is 5.02 Å². The summed E-state index contributed by atoms with van der Waals surface area (Å²) in [5, 5.41) is 7.52. The first-order chi connectivity index (χ1) is 15.1. The van der Waals surface area contributed by atoms with E-state index in [9.17, 15) is 4.79 Å². The van der Waals surface area contributed by atoms with E-state index in [-0.39, 0.29) is 5.91 Å². The summed E-state index contributed by atoms with van der Waals surface area (Å²) in [4.78, 5) is 21.0. The van der Waals surface area contributed by atoms with E-state index >= 15 is 0 Å². The number of aromatic nitrogens is 2. The average Bonchev–Trinajstić information content (AvgIpc) is 2.78. The Bertz CT molecular complexity index is 1270. The van der Waals surface area contributed by atoms with Gasteiger partial charge < -0.3 is 15.4 Å². The van der Waals surface area contributed by atoms with Crippen molar-refractivity contribution in [3.8, 4) is 5.75 Å². The van der Waals surface area contributed by atoms with Gasteiger partial charge in [0.25, 0.3) is 0 Å². The van der Waals surface area contributed by atoms with Gasteiger partial charge in [0.15, 0.2) is 0 Å². The van der Waals surface area contributed by atoms with Crippen LogP contribution in [0.1, 0.15) is 5.56 Å². The predicted molar refractivity (Wildman–Crippen MR) is 125 cm³/mol. The van der Waals surface area contributed by atoms with E-state index in [4.69, 9.17) is 16.3 Å². The van der Waals surface area contributed by atoms with E-state index in [1.165, 1.54) is 12.4 Å². The van der Waals surface area contributed by atoms with E-state index in [2.05, 4.69) is 20.6 Å². The number of halogens is 1. The predicted octanol–water partition coefficient (Wildman–Crippen LogP) is 5.69. The molecule has 1 heterocycles. The fourth-order valence-corrected chi connectivity index (χ4v) is 3.23. The molecule has 0 saturated heterocycles. The Morgan fingerprint density at radius 1 is 1.00 bits per heavy atom. The first-order valence-electron chi connectivity index (χ1n) is 9.51. The smallest absolute Gasteiger partial charge is 0.248 e. The number of carbonyl (C=O) groups is 1. The van der Waals surface area contributed by atoms with E-state index in [1.807, 2.05) is 54.6 Å². The lowest BCUT2D eigenvalue weighted by Gasteiger charge is -2.10. The Kier molecular flexibility index (Phi) is 6.10. The molecule has 6 nitrogen and oxygen atoms in total. The number of benzene rings is 3. The SMILES string of the molecule is COc1cccc(/C=C/C(=O)Nc2ccc3ncnc(Nc4cccc(Cl)c4)c3c2)c1. The molecule has 3 aromatic carbocycles. The monoisotopic (exact) mass is 430 g/mol. The molecular weight excluding hydrogens is 412 g/mol. The fraction of sp³-hybridized carbons (Fsp3) is 0.0417. The third kappa shape index (κ3) is 5.18. The third-order valence-corrected chi connectivity index (χ3v) is 4.75. The molecule has 0 unspecified atom stereocenters. The summed E-state index contributed by atoms with van der Waals surface area (Å²) in [7, 11) is 1.61. The van der Waals surface area contributed by atoms with Gasteiger partial charge in [-0.15, -0.1) is 0 Å². The maximum absolute atomic E-state index is 12.4. The van der Waals surface area contributed by atoms with Gasteiger partial charge in [0, 0.05) is 27.9 Å². The first-order valence-corrected chi connectivity index (χ1v) is 9.89. The minimum atomic E-state index is -0.247. The van der Waals surface area contributed by atoms with Crippen LogP contribution >= 0.6 is 11.6 Å². The number of carbonyl (C=O) groups excluding carboxylic acids is 1. The Morgan fingerprint density at radius 3 is 2.71 bits per heavy atom. The molecule has 154 valence electrons. The Balaban J connectivity index is 1.54. The Hall–Kier alpha value is -3.90. The van der Waals surface area contributed by atoms with Gasteiger partial charge in [-0.25, -0.2) is 9.97 Å². The molecule has 0 spiro atoms. The lowest BCUT2D eigenvalue weighted by atomic mass is 10.2. The van der Waals surface area contributed by atoms with Gasteiger partial charge in [0.05, 0.1) is 12.6 Å². The molecule has 0 saturated carbocycles. The number of amides is 1. The average molecular weight is 431 g/mol. The summed E-state index contributed by atoms with van der Waals surface area (Å²) in [5.41, 5.74) is 3.07. The lowest BCUT2D eigenvalue weighted by Crippen LogP contribution is -2.07. The van der Waals surface area contributed by atoms with Crippen molar-refractivity contribution in [2.75, 3.05) is 17.7 Å². The molecule has 4 aromatic rings. The second-order valence-corrected chi connectivity index (χ2v) is 7.13. The van der Waals surface area contributed by atoms with Crippen molar-refractivity contribution in [2.24, 2.45) is 0 Å². The maximum atomic E-state index is 12.4. The number of nitrogens with one attached hydrogen (secondary N) is 2. The van der Waals surface area contributed by atoms with Gasteiger partial charge in [-0.2, -0.15) is 0 Å². The number of methoxy groups -OCH3 is 1. The van der Waals surface area contributed by atoms with Crippen LogP contribution < -0.4 is 15.4 Å². The van der Waals surface area contributed by atoms with Crippen LogP contribution in [-0.2, 0) is 4.79 Å². The highest BCUT2D eigenvalue weighted by molar-refractivity contribution is 6.30. The zero-order chi connectivity index (χ0) is 21.6. The van der Waals surface area contributed by atoms with Gasteiger partial charge in [-0.1, -0.05) is 29.8 Å². The zero-order valence-electron chi connectivity index (χ0n) is 16.7. The number of nitrogens with zero attached hydrogens (tertiary/aromatic N) is 2. The minimum absolute atomic E-state index is 0.247. The number of rotatable bonds is 6. The molecule has 0 bridgehead atoms. The largest absolute Gasteiger partial charge is 0.497 e. The van der Waals surface area contributed by atoms with Crippen molar-refractivity contribution in [1.82, 2.24) is 9.97 Å². The molecule has 7 heteroatoms. The summed E-state index contributed by atoms with van der Waals surface area (Å²) in [6.07, 6.45) is 4.70. The summed E-state index contributed by atoms with van der Waals surface area (Å²) in [5.74, 6) is 1.11. The van der Waals surface area contributed by atoms with Gasteiger partial charge in [-0.05, 0) is 60.2 Å². The quantitative estimate of drug-likeness (QED) is 0.384. The van der Waals surface area contributed by atoms with Gasteiger partial charge in [0.2, 0.25) is 5.91 Å². The second kappa shape index (κ2) is 9.28. The summed E-state index contributed by atoms with van der Waals surface area (Å²) < 4.78 is 5.20. The number of anilines is 3. The van der Waals surface area contributed by atoms with Gasteiger partial charge in [0.1, 0.15) is 17.9 Å². The molecule has 0 radical (unpaired) electrons. The van der Waals surface area contributed by atoms with Crippen molar-refractivity contribution in [3.05, 3.63) is 89.7 Å². The molecule has 0 aliphatic heterocycles. The molecule has 0 aliphatic carbocycles. The molecule has 1 amide bonds. The highest BCUT2D eigenvalue weighted by Crippen LogP contribution is 2.27. The zero-order valence-corrected chi connectivity index (χ0v) is 17.4. The number of fused-ring (bicyclic) bond motifs is 1. The van der Waals surface area contributed by atoms with Crippen molar-refractivity contribution < 1.29 is 9.53 Å². The highest BCUT2D eigenvalue weighted by Gasteiger charge is 2.07. The van der Waals surface area contributed by atoms with Crippen molar-refractivity contribution in [3.63, 3.8) is 0 Å². The minimum Gasteiger partial charge on any atom is -0.497 e. The van der Waals surface area contributed by atoms with E-state index in [0.717, 1.165) is 27.9 Å². The Labute approximate surface area is 184 Å². The molecule has 2 N–H and O–H groups in total.